The van der Waals surface area contributed by atoms with Crippen molar-refractivity contribution in [1.29, 1.82) is 0 Å². The summed E-state index contributed by atoms with van der Waals surface area (Å²) in [6.45, 7) is 2.32. The maximum atomic E-state index is 13.1. The van der Waals surface area contributed by atoms with Crippen molar-refractivity contribution in [3.63, 3.8) is 0 Å². The molecule has 0 unspecified atom stereocenters. The van der Waals surface area contributed by atoms with E-state index in [2.05, 4.69) is 0 Å². The Morgan fingerprint density at radius 3 is 2.54 bits per heavy atom. The second kappa shape index (κ2) is 7.23. The molecule has 0 bridgehead atoms. The molecule has 0 atom stereocenters. The molecule has 1 saturated heterocycles. The van der Waals surface area contributed by atoms with Gasteiger partial charge < -0.3 is 9.64 Å². The van der Waals surface area contributed by atoms with E-state index in [1.54, 1.807) is 12.1 Å². The zero-order chi connectivity index (χ0) is 18.1. The van der Waals surface area contributed by atoms with E-state index >= 15 is 0 Å². The van der Waals surface area contributed by atoms with Gasteiger partial charge >= 0.3 is 0 Å². The number of amides is 1. The SMILES string of the molecule is O=C(c1cc(-c2ccc(Cl)c(Cl)c2)nc2ccccc12)N1CCOCC1. The summed E-state index contributed by atoms with van der Waals surface area (Å²) < 4.78 is 5.36. The number of para-hydroxylation sites is 1. The summed E-state index contributed by atoms with van der Waals surface area (Å²) in [6, 6.07) is 14.9. The van der Waals surface area contributed by atoms with Gasteiger partial charge in [0.2, 0.25) is 0 Å². The third-order valence-corrected chi connectivity index (χ3v) is 5.20. The van der Waals surface area contributed by atoms with Gasteiger partial charge in [-0.15, -0.1) is 0 Å². The summed E-state index contributed by atoms with van der Waals surface area (Å²) in [5, 5.41) is 1.79. The lowest BCUT2D eigenvalue weighted by atomic mass is 10.0. The van der Waals surface area contributed by atoms with E-state index in [4.69, 9.17) is 32.9 Å². The lowest BCUT2D eigenvalue weighted by Crippen LogP contribution is -2.40. The van der Waals surface area contributed by atoms with Gasteiger partial charge in [-0.1, -0.05) is 47.5 Å². The Morgan fingerprint density at radius 1 is 1.00 bits per heavy atom. The fraction of sp³-hybridized carbons (Fsp3) is 0.200. The highest BCUT2D eigenvalue weighted by molar-refractivity contribution is 6.42. The van der Waals surface area contributed by atoms with Crippen LogP contribution in [0.15, 0.2) is 48.5 Å². The van der Waals surface area contributed by atoms with E-state index in [9.17, 15) is 4.79 Å². The summed E-state index contributed by atoms with van der Waals surface area (Å²) in [4.78, 5) is 19.6. The molecule has 0 spiro atoms. The molecule has 132 valence electrons. The first-order valence-electron chi connectivity index (χ1n) is 8.36. The van der Waals surface area contributed by atoms with Crippen LogP contribution in [0.5, 0.6) is 0 Å². The lowest BCUT2D eigenvalue weighted by molar-refractivity contribution is 0.0304. The molecule has 26 heavy (non-hydrogen) atoms. The maximum absolute atomic E-state index is 13.1. The third-order valence-electron chi connectivity index (χ3n) is 4.46. The predicted molar refractivity (Wildman–Crippen MR) is 104 cm³/mol. The first-order chi connectivity index (χ1) is 12.6. The van der Waals surface area contributed by atoms with Gasteiger partial charge in [-0.05, 0) is 24.3 Å². The number of rotatable bonds is 2. The van der Waals surface area contributed by atoms with Gasteiger partial charge in [0.25, 0.3) is 5.91 Å². The summed E-state index contributed by atoms with van der Waals surface area (Å²) in [6.07, 6.45) is 0. The Morgan fingerprint density at radius 2 is 1.77 bits per heavy atom. The Kier molecular flexibility index (Phi) is 4.81. The molecule has 1 aromatic heterocycles. The van der Waals surface area contributed by atoms with Crippen LogP contribution in [0.25, 0.3) is 22.2 Å². The number of ether oxygens (including phenoxy) is 1. The van der Waals surface area contributed by atoms with Crippen molar-refractivity contribution in [3.8, 4) is 11.3 Å². The highest BCUT2D eigenvalue weighted by Gasteiger charge is 2.21. The number of halogens is 2. The number of carbonyl (C=O) groups excluding carboxylic acids is 1. The summed E-state index contributed by atoms with van der Waals surface area (Å²) in [7, 11) is 0. The zero-order valence-electron chi connectivity index (χ0n) is 13.9. The molecule has 4 rings (SSSR count). The number of pyridine rings is 1. The molecule has 2 aromatic carbocycles. The van der Waals surface area contributed by atoms with E-state index < -0.39 is 0 Å². The monoisotopic (exact) mass is 386 g/mol. The molecule has 4 nitrogen and oxygen atoms in total. The molecular weight excluding hydrogens is 371 g/mol. The predicted octanol–water partition coefficient (Wildman–Crippen LogP) is 4.68. The van der Waals surface area contributed by atoms with Crippen molar-refractivity contribution >= 4 is 40.0 Å². The quantitative estimate of drug-likeness (QED) is 0.641. The van der Waals surface area contributed by atoms with E-state index in [-0.39, 0.29) is 5.91 Å². The largest absolute Gasteiger partial charge is 0.378 e. The van der Waals surface area contributed by atoms with Crippen molar-refractivity contribution in [2.24, 2.45) is 0 Å². The minimum atomic E-state index is -0.00629. The van der Waals surface area contributed by atoms with Gasteiger partial charge in [0.05, 0.1) is 40.0 Å². The van der Waals surface area contributed by atoms with Crippen molar-refractivity contribution in [1.82, 2.24) is 9.88 Å². The molecule has 1 aliphatic rings. The number of aromatic nitrogens is 1. The number of fused-ring (bicyclic) bond motifs is 1. The number of hydrogen-bond acceptors (Lipinski definition) is 3. The smallest absolute Gasteiger partial charge is 0.254 e. The number of nitrogens with zero attached hydrogens (tertiary/aromatic N) is 2. The van der Waals surface area contributed by atoms with Crippen molar-refractivity contribution < 1.29 is 9.53 Å². The van der Waals surface area contributed by atoms with Crippen LogP contribution < -0.4 is 0 Å². The van der Waals surface area contributed by atoms with Crippen LogP contribution in [0.1, 0.15) is 10.4 Å². The molecule has 0 aliphatic carbocycles. The minimum absolute atomic E-state index is 0.00629. The molecule has 6 heteroatoms. The van der Waals surface area contributed by atoms with Crippen LogP contribution in [-0.2, 0) is 4.74 Å². The lowest BCUT2D eigenvalue weighted by Gasteiger charge is -2.27. The van der Waals surface area contributed by atoms with Gasteiger partial charge in [0.1, 0.15) is 0 Å². The number of hydrogen-bond donors (Lipinski definition) is 0. The maximum Gasteiger partial charge on any atom is 0.254 e. The van der Waals surface area contributed by atoms with Crippen molar-refractivity contribution in [3.05, 3.63) is 64.1 Å². The van der Waals surface area contributed by atoms with Gasteiger partial charge in [-0.25, -0.2) is 4.98 Å². The second-order valence-electron chi connectivity index (χ2n) is 6.11. The summed E-state index contributed by atoms with van der Waals surface area (Å²) >= 11 is 12.2. The van der Waals surface area contributed by atoms with Gasteiger partial charge in [-0.3, -0.25) is 4.79 Å². The number of carbonyl (C=O) groups is 1. The standard InChI is InChI=1S/C20H16Cl2N2O2/c21-16-6-5-13(11-17(16)22)19-12-15(14-3-1-2-4-18(14)23-19)20(25)24-7-9-26-10-8-24/h1-6,11-12H,7-10H2. The van der Waals surface area contributed by atoms with E-state index in [1.807, 2.05) is 41.3 Å². The van der Waals surface area contributed by atoms with Crippen LogP contribution in [0.3, 0.4) is 0 Å². The van der Waals surface area contributed by atoms with Crippen LogP contribution in [0.2, 0.25) is 10.0 Å². The average molecular weight is 387 g/mol. The van der Waals surface area contributed by atoms with Crippen LogP contribution in [-0.4, -0.2) is 42.1 Å². The summed E-state index contributed by atoms with van der Waals surface area (Å²) in [5.74, 6) is -0.00629. The topological polar surface area (TPSA) is 42.4 Å². The molecule has 1 fully saturated rings. The second-order valence-corrected chi connectivity index (χ2v) is 6.92. The van der Waals surface area contributed by atoms with Crippen LogP contribution >= 0.6 is 23.2 Å². The van der Waals surface area contributed by atoms with Crippen molar-refractivity contribution in [2.45, 2.75) is 0 Å². The Labute approximate surface area is 161 Å². The highest BCUT2D eigenvalue weighted by atomic mass is 35.5. The molecule has 1 aliphatic heterocycles. The molecular formula is C20H16Cl2N2O2. The van der Waals surface area contributed by atoms with Gasteiger partial charge in [-0.2, -0.15) is 0 Å². The van der Waals surface area contributed by atoms with Crippen LogP contribution in [0, 0.1) is 0 Å². The minimum Gasteiger partial charge on any atom is -0.378 e. The van der Waals surface area contributed by atoms with Crippen LogP contribution in [0.4, 0.5) is 0 Å². The highest BCUT2D eigenvalue weighted by Crippen LogP contribution is 2.30. The Hall–Kier alpha value is -2.14. The first kappa shape index (κ1) is 17.3. The van der Waals surface area contributed by atoms with E-state index in [0.29, 0.717) is 47.6 Å². The van der Waals surface area contributed by atoms with Gasteiger partial charge in [0.15, 0.2) is 0 Å². The van der Waals surface area contributed by atoms with Gasteiger partial charge in [0, 0.05) is 24.0 Å². The average Bonchev–Trinajstić information content (AvgIpc) is 2.69. The Balaban J connectivity index is 1.85. The number of benzene rings is 2. The van der Waals surface area contributed by atoms with E-state index in [1.165, 1.54) is 0 Å². The normalized spacial score (nSPS) is 14.6. The molecule has 1 amide bonds. The third kappa shape index (κ3) is 3.28. The molecule has 0 radical (unpaired) electrons. The van der Waals surface area contributed by atoms with E-state index in [0.717, 1.165) is 16.5 Å². The molecule has 3 aromatic rings. The first-order valence-corrected chi connectivity index (χ1v) is 9.11. The Bertz CT molecular complexity index is 985. The fourth-order valence-corrected chi connectivity index (χ4v) is 3.39. The van der Waals surface area contributed by atoms with Crippen molar-refractivity contribution in [2.75, 3.05) is 26.3 Å². The zero-order valence-corrected chi connectivity index (χ0v) is 15.4. The fourth-order valence-electron chi connectivity index (χ4n) is 3.09. The molecule has 0 N–H and O–H groups in total. The summed E-state index contributed by atoms with van der Waals surface area (Å²) in [5.41, 5.74) is 2.92. The molecule has 2 heterocycles. The number of morpholine rings is 1. The molecule has 0 saturated carbocycles.